The molecule has 2 aromatic rings. The lowest BCUT2D eigenvalue weighted by Crippen LogP contribution is -2.32. The summed E-state index contributed by atoms with van der Waals surface area (Å²) in [5, 5.41) is -0.204. The van der Waals surface area contributed by atoms with Gasteiger partial charge in [-0.05, 0) is 36.8 Å². The van der Waals surface area contributed by atoms with Gasteiger partial charge in [0.1, 0.15) is 5.82 Å². The first kappa shape index (κ1) is 15.6. The van der Waals surface area contributed by atoms with Gasteiger partial charge in [-0.15, -0.1) is 11.8 Å². The summed E-state index contributed by atoms with van der Waals surface area (Å²) in [6.45, 7) is 2.46. The standard InChI is InChI=1S/C17H18FNOS/c1-13(21-16-10-8-15(18)9-11-16)17(20)19(2)12-14-6-4-3-5-7-14/h3-11,13H,12H2,1-2H3. The molecule has 0 bridgehead atoms. The SMILES string of the molecule is CC(Sc1ccc(F)cc1)C(=O)N(C)Cc1ccccc1. The van der Waals surface area contributed by atoms with Gasteiger partial charge in [0.25, 0.3) is 0 Å². The van der Waals surface area contributed by atoms with E-state index in [0.717, 1.165) is 10.5 Å². The van der Waals surface area contributed by atoms with Crippen molar-refractivity contribution in [1.29, 1.82) is 0 Å². The number of hydrogen-bond acceptors (Lipinski definition) is 2. The minimum atomic E-state index is -0.264. The molecule has 1 atom stereocenters. The van der Waals surface area contributed by atoms with Gasteiger partial charge in [-0.25, -0.2) is 4.39 Å². The van der Waals surface area contributed by atoms with Gasteiger partial charge >= 0.3 is 0 Å². The molecule has 110 valence electrons. The maximum absolute atomic E-state index is 12.9. The number of carbonyl (C=O) groups excluding carboxylic acids is 1. The van der Waals surface area contributed by atoms with Gasteiger partial charge in [-0.2, -0.15) is 0 Å². The Morgan fingerprint density at radius 1 is 1.14 bits per heavy atom. The van der Waals surface area contributed by atoms with Gasteiger partial charge < -0.3 is 4.90 Å². The van der Waals surface area contributed by atoms with E-state index in [9.17, 15) is 9.18 Å². The molecule has 0 heterocycles. The van der Waals surface area contributed by atoms with E-state index in [2.05, 4.69) is 0 Å². The number of thioether (sulfide) groups is 1. The van der Waals surface area contributed by atoms with E-state index >= 15 is 0 Å². The molecule has 0 N–H and O–H groups in total. The molecule has 0 aliphatic rings. The van der Waals surface area contributed by atoms with Crippen molar-refractivity contribution in [2.75, 3.05) is 7.05 Å². The highest BCUT2D eigenvalue weighted by molar-refractivity contribution is 8.00. The third kappa shape index (κ3) is 4.60. The van der Waals surface area contributed by atoms with E-state index < -0.39 is 0 Å². The molecule has 0 radical (unpaired) electrons. The fourth-order valence-electron chi connectivity index (χ4n) is 2.01. The molecule has 2 rings (SSSR count). The molecule has 1 unspecified atom stereocenters. The summed E-state index contributed by atoms with van der Waals surface area (Å²) < 4.78 is 12.9. The highest BCUT2D eigenvalue weighted by Gasteiger charge is 2.18. The molecule has 0 aliphatic heterocycles. The van der Waals surface area contributed by atoms with Crippen LogP contribution in [-0.4, -0.2) is 23.1 Å². The van der Waals surface area contributed by atoms with Crippen molar-refractivity contribution < 1.29 is 9.18 Å². The molecule has 0 aromatic heterocycles. The van der Waals surface area contributed by atoms with Crippen molar-refractivity contribution in [3.63, 3.8) is 0 Å². The Morgan fingerprint density at radius 3 is 2.38 bits per heavy atom. The molecule has 0 saturated carbocycles. The Kier molecular flexibility index (Phi) is 5.39. The highest BCUT2D eigenvalue weighted by Crippen LogP contribution is 2.24. The minimum Gasteiger partial charge on any atom is -0.340 e. The van der Waals surface area contributed by atoms with Crippen LogP contribution in [0.25, 0.3) is 0 Å². The molecule has 2 aromatic carbocycles. The predicted molar refractivity (Wildman–Crippen MR) is 84.6 cm³/mol. The van der Waals surface area contributed by atoms with Crippen LogP contribution in [0.3, 0.4) is 0 Å². The maximum atomic E-state index is 12.9. The Hall–Kier alpha value is -1.81. The number of benzene rings is 2. The van der Waals surface area contributed by atoms with Crippen molar-refractivity contribution in [3.8, 4) is 0 Å². The second-order valence-electron chi connectivity index (χ2n) is 4.89. The van der Waals surface area contributed by atoms with Gasteiger partial charge in [-0.1, -0.05) is 30.3 Å². The highest BCUT2D eigenvalue weighted by atomic mass is 32.2. The van der Waals surface area contributed by atoms with Crippen LogP contribution >= 0.6 is 11.8 Å². The summed E-state index contributed by atoms with van der Waals surface area (Å²) in [5.41, 5.74) is 1.10. The fourth-order valence-corrected chi connectivity index (χ4v) is 3.00. The zero-order valence-electron chi connectivity index (χ0n) is 12.1. The molecule has 4 heteroatoms. The number of rotatable bonds is 5. The maximum Gasteiger partial charge on any atom is 0.235 e. The summed E-state index contributed by atoms with van der Waals surface area (Å²) in [6.07, 6.45) is 0. The zero-order valence-corrected chi connectivity index (χ0v) is 12.9. The lowest BCUT2D eigenvalue weighted by atomic mass is 10.2. The smallest absolute Gasteiger partial charge is 0.235 e. The van der Waals surface area contributed by atoms with Gasteiger partial charge in [0, 0.05) is 18.5 Å². The first-order valence-electron chi connectivity index (χ1n) is 6.77. The van der Waals surface area contributed by atoms with E-state index in [0.29, 0.717) is 6.54 Å². The van der Waals surface area contributed by atoms with Crippen molar-refractivity contribution >= 4 is 17.7 Å². The predicted octanol–water partition coefficient (Wildman–Crippen LogP) is 3.96. The monoisotopic (exact) mass is 303 g/mol. The van der Waals surface area contributed by atoms with Crippen LogP contribution in [-0.2, 0) is 11.3 Å². The van der Waals surface area contributed by atoms with Crippen molar-refractivity contribution in [1.82, 2.24) is 4.90 Å². The van der Waals surface area contributed by atoms with Crippen LogP contribution in [0.15, 0.2) is 59.5 Å². The number of halogens is 1. The second kappa shape index (κ2) is 7.27. The molecular formula is C17H18FNOS. The number of hydrogen-bond donors (Lipinski definition) is 0. The molecule has 2 nitrogen and oxygen atoms in total. The van der Waals surface area contributed by atoms with E-state index in [1.54, 1.807) is 24.1 Å². The van der Waals surface area contributed by atoms with E-state index in [1.807, 2.05) is 37.3 Å². The van der Waals surface area contributed by atoms with Gasteiger partial charge in [-0.3, -0.25) is 4.79 Å². The lowest BCUT2D eigenvalue weighted by molar-refractivity contribution is -0.129. The summed E-state index contributed by atoms with van der Waals surface area (Å²) in [7, 11) is 1.80. The van der Waals surface area contributed by atoms with E-state index in [1.165, 1.54) is 23.9 Å². The number of carbonyl (C=O) groups is 1. The van der Waals surface area contributed by atoms with Gasteiger partial charge in [0.05, 0.1) is 5.25 Å². The number of nitrogens with zero attached hydrogens (tertiary/aromatic N) is 1. The van der Waals surface area contributed by atoms with Crippen LogP contribution in [0, 0.1) is 5.82 Å². The molecule has 1 amide bonds. The normalized spacial score (nSPS) is 12.0. The Bertz CT molecular complexity index is 585. The third-order valence-corrected chi connectivity index (χ3v) is 4.21. The zero-order chi connectivity index (χ0) is 15.2. The largest absolute Gasteiger partial charge is 0.340 e. The second-order valence-corrected chi connectivity index (χ2v) is 6.31. The van der Waals surface area contributed by atoms with Crippen LogP contribution in [0.1, 0.15) is 12.5 Å². The van der Waals surface area contributed by atoms with Crippen LogP contribution in [0.5, 0.6) is 0 Å². The molecule has 0 saturated heterocycles. The Balaban J connectivity index is 1.93. The average molecular weight is 303 g/mol. The first-order chi connectivity index (χ1) is 10.1. The van der Waals surface area contributed by atoms with Gasteiger partial charge in [0.15, 0.2) is 0 Å². The summed E-state index contributed by atoms with van der Waals surface area (Å²) in [6, 6.07) is 16.1. The van der Waals surface area contributed by atoms with Crippen LogP contribution < -0.4 is 0 Å². The Labute approximate surface area is 129 Å². The van der Waals surface area contributed by atoms with Gasteiger partial charge in [0.2, 0.25) is 5.91 Å². The minimum absolute atomic E-state index is 0.0631. The van der Waals surface area contributed by atoms with E-state index in [-0.39, 0.29) is 17.0 Å². The number of amides is 1. The van der Waals surface area contributed by atoms with Crippen LogP contribution in [0.2, 0.25) is 0 Å². The average Bonchev–Trinajstić information content (AvgIpc) is 2.49. The summed E-state index contributed by atoms with van der Waals surface area (Å²) >= 11 is 1.44. The van der Waals surface area contributed by atoms with Crippen molar-refractivity contribution in [3.05, 3.63) is 66.0 Å². The van der Waals surface area contributed by atoms with E-state index in [4.69, 9.17) is 0 Å². The van der Waals surface area contributed by atoms with Crippen LogP contribution in [0.4, 0.5) is 4.39 Å². The summed E-state index contributed by atoms with van der Waals surface area (Å²) in [4.78, 5) is 15.0. The quantitative estimate of drug-likeness (QED) is 0.779. The Morgan fingerprint density at radius 2 is 1.76 bits per heavy atom. The molecule has 0 fully saturated rings. The molecule has 0 aliphatic carbocycles. The molecule has 21 heavy (non-hydrogen) atoms. The molecule has 0 spiro atoms. The first-order valence-corrected chi connectivity index (χ1v) is 7.65. The van der Waals surface area contributed by atoms with Crippen molar-refractivity contribution in [2.24, 2.45) is 0 Å². The topological polar surface area (TPSA) is 20.3 Å². The fraction of sp³-hybridized carbons (Fsp3) is 0.235. The third-order valence-electron chi connectivity index (χ3n) is 3.11. The summed E-state index contributed by atoms with van der Waals surface area (Å²) in [5.74, 6) is -0.201. The molecular weight excluding hydrogens is 285 g/mol. The lowest BCUT2D eigenvalue weighted by Gasteiger charge is -2.21. The van der Waals surface area contributed by atoms with Crippen molar-refractivity contribution in [2.45, 2.75) is 23.6 Å².